The third kappa shape index (κ3) is 1.81. The number of H-pyrrole nitrogens is 1. The topological polar surface area (TPSA) is 93.7 Å². The van der Waals surface area contributed by atoms with Crippen LogP contribution in [0.5, 0.6) is 0 Å². The Morgan fingerprint density at radius 2 is 2.43 bits per heavy atom. The smallest absolute Gasteiger partial charge is 0.406 e. The lowest BCUT2D eigenvalue weighted by Gasteiger charge is -2.07. The maximum atomic E-state index is 10.9. The second-order valence-electron chi connectivity index (χ2n) is 3.12. The summed E-state index contributed by atoms with van der Waals surface area (Å²) in [6, 6.07) is 0. The molecule has 0 aliphatic rings. The Hall–Kier alpha value is -1.65. The van der Waals surface area contributed by atoms with Gasteiger partial charge in [-0.05, 0) is 12.3 Å². The number of hydrogen-bond acceptors (Lipinski definition) is 4. The highest BCUT2D eigenvalue weighted by molar-refractivity contribution is 6.02. The second kappa shape index (κ2) is 4.04. The van der Waals surface area contributed by atoms with Gasteiger partial charge in [-0.15, -0.1) is 0 Å². The van der Waals surface area contributed by atoms with Crippen LogP contribution in [0, 0.1) is 16.7 Å². The monoisotopic (exact) mass is 197 g/mol. The first kappa shape index (κ1) is 10.4. The fourth-order valence-electron chi connectivity index (χ4n) is 1.09. The van der Waals surface area contributed by atoms with Crippen molar-refractivity contribution in [3.05, 3.63) is 22.0 Å². The fourth-order valence-corrected chi connectivity index (χ4v) is 1.09. The van der Waals surface area contributed by atoms with Crippen LogP contribution in [0.4, 0.5) is 0 Å². The van der Waals surface area contributed by atoms with Crippen LogP contribution in [0.1, 0.15) is 33.1 Å². The average Bonchev–Trinajstić information content (AvgIpc) is 2.57. The van der Waals surface area contributed by atoms with Crippen LogP contribution in [0.25, 0.3) is 0 Å². The summed E-state index contributed by atoms with van der Waals surface area (Å²) >= 11 is 0. The second-order valence-corrected chi connectivity index (χ2v) is 3.12. The van der Waals surface area contributed by atoms with E-state index >= 15 is 0 Å². The summed E-state index contributed by atoms with van der Waals surface area (Å²) in [5.74, 6) is -0.450. The lowest BCUT2D eigenvalue weighted by atomic mass is 10.00. The van der Waals surface area contributed by atoms with Crippen molar-refractivity contribution in [2.45, 2.75) is 20.3 Å². The molecule has 3 N–H and O–H groups in total. The molecule has 1 atom stereocenters. The van der Waals surface area contributed by atoms with Gasteiger partial charge in [0, 0.05) is 1.43 Å². The van der Waals surface area contributed by atoms with Crippen LogP contribution in [0.15, 0.2) is 9.21 Å². The van der Waals surface area contributed by atoms with E-state index in [4.69, 9.17) is 10.8 Å². The van der Waals surface area contributed by atoms with Gasteiger partial charge in [0.15, 0.2) is 5.76 Å². The van der Waals surface area contributed by atoms with Crippen molar-refractivity contribution in [3.8, 4) is 0 Å². The molecule has 0 aliphatic carbocycles. The highest BCUT2D eigenvalue weighted by atomic mass is 16.4. The molecule has 0 fully saturated rings. The van der Waals surface area contributed by atoms with E-state index in [1.165, 1.54) is 0 Å². The molecule has 0 bridgehead atoms. The van der Waals surface area contributed by atoms with Gasteiger partial charge in [-0.1, -0.05) is 13.8 Å². The van der Waals surface area contributed by atoms with Crippen LogP contribution < -0.4 is 5.76 Å². The van der Waals surface area contributed by atoms with E-state index in [9.17, 15) is 4.79 Å². The zero-order valence-corrected chi connectivity index (χ0v) is 8.18. The van der Waals surface area contributed by atoms with Crippen LogP contribution in [-0.4, -0.2) is 16.9 Å². The largest absolute Gasteiger partial charge is 0.417 e. The molecule has 14 heavy (non-hydrogen) atoms. The molecule has 0 aliphatic heterocycles. The normalized spacial score (nSPS) is 12.4. The third-order valence-electron chi connectivity index (χ3n) is 2.18. The highest BCUT2D eigenvalue weighted by Gasteiger charge is 2.16. The molecule has 0 spiro atoms. The first-order valence-electron chi connectivity index (χ1n) is 4.42. The molecule has 0 aromatic carbocycles. The molecule has 5 nitrogen and oxygen atoms in total. The van der Waals surface area contributed by atoms with E-state index < -0.39 is 5.76 Å². The molecule has 0 saturated carbocycles. The zero-order valence-electron chi connectivity index (χ0n) is 8.18. The Morgan fingerprint density at radius 3 is 2.93 bits per heavy atom. The Bertz CT molecular complexity index is 408. The van der Waals surface area contributed by atoms with Crippen molar-refractivity contribution in [1.29, 1.82) is 10.8 Å². The van der Waals surface area contributed by atoms with Crippen molar-refractivity contribution >= 4 is 11.9 Å². The minimum absolute atomic E-state index is 0. The highest BCUT2D eigenvalue weighted by Crippen LogP contribution is 2.11. The number of rotatable bonds is 4. The van der Waals surface area contributed by atoms with Gasteiger partial charge in [-0.3, -0.25) is 4.98 Å². The average molecular weight is 197 g/mol. The first-order valence-corrected chi connectivity index (χ1v) is 4.42. The summed E-state index contributed by atoms with van der Waals surface area (Å²) in [5.41, 5.74) is 0.621. The minimum Gasteiger partial charge on any atom is -0.406 e. The third-order valence-corrected chi connectivity index (χ3v) is 2.18. The molecule has 1 unspecified atom stereocenters. The van der Waals surface area contributed by atoms with Crippen molar-refractivity contribution < 1.29 is 5.84 Å². The lowest BCUT2D eigenvalue weighted by Crippen LogP contribution is -2.13. The van der Waals surface area contributed by atoms with Gasteiger partial charge in [-0.25, -0.2) is 4.79 Å². The summed E-state index contributed by atoms with van der Waals surface area (Å²) in [5, 5.41) is 14.8. The van der Waals surface area contributed by atoms with E-state index in [-0.39, 0.29) is 13.1 Å². The Kier molecular flexibility index (Phi) is 3.01. The van der Waals surface area contributed by atoms with Crippen molar-refractivity contribution in [2.24, 2.45) is 5.92 Å². The van der Waals surface area contributed by atoms with Gasteiger partial charge in [0.25, 0.3) is 0 Å². The summed E-state index contributed by atoms with van der Waals surface area (Å²) in [4.78, 5) is 13.3. The summed E-state index contributed by atoms with van der Waals surface area (Å²) < 4.78 is 4.68. The van der Waals surface area contributed by atoms with Gasteiger partial charge in [-0.2, -0.15) is 0 Å². The van der Waals surface area contributed by atoms with Gasteiger partial charge in [0.2, 0.25) is 0 Å². The van der Waals surface area contributed by atoms with Gasteiger partial charge in [0.1, 0.15) is 5.69 Å². The molecule has 1 rings (SSSR count). The molecule has 1 aromatic heterocycles. The lowest BCUT2D eigenvalue weighted by molar-refractivity contribution is 0.509. The number of oxazole rings is 1. The van der Waals surface area contributed by atoms with Gasteiger partial charge < -0.3 is 15.2 Å². The maximum Gasteiger partial charge on any atom is 0.417 e. The Labute approximate surface area is 82.7 Å². The van der Waals surface area contributed by atoms with Crippen LogP contribution in [0.3, 0.4) is 0 Å². The molecular formula is C9H15N3O2. The predicted octanol–water partition coefficient (Wildman–Crippen LogP) is 1.63. The molecule has 1 heterocycles. The predicted molar refractivity (Wildman–Crippen MR) is 55.6 cm³/mol. The van der Waals surface area contributed by atoms with Crippen molar-refractivity contribution in [1.82, 2.24) is 4.98 Å². The van der Waals surface area contributed by atoms with E-state index in [2.05, 4.69) is 9.40 Å². The summed E-state index contributed by atoms with van der Waals surface area (Å²) in [6.07, 6.45) is 1.74. The number of aromatic amines is 1. The van der Waals surface area contributed by atoms with Gasteiger partial charge >= 0.3 is 5.76 Å². The fraction of sp³-hybridized carbons (Fsp3) is 0.444. The number of aromatic nitrogens is 1. The van der Waals surface area contributed by atoms with Gasteiger partial charge in [0.05, 0.1) is 11.9 Å². The first-order chi connectivity index (χ1) is 6.60. The Balaban J connectivity index is 0.00000196. The van der Waals surface area contributed by atoms with E-state index in [0.29, 0.717) is 11.4 Å². The molecular weight excluding hydrogens is 182 g/mol. The number of hydrogen-bond donors (Lipinski definition) is 3. The molecule has 0 saturated heterocycles. The molecule has 1 aromatic rings. The number of nitrogens with one attached hydrogen (secondary N) is 3. The molecule has 78 valence electrons. The summed E-state index contributed by atoms with van der Waals surface area (Å²) in [6.45, 7) is 3.85. The Morgan fingerprint density at radius 1 is 1.79 bits per heavy atom. The van der Waals surface area contributed by atoms with Crippen LogP contribution in [0.2, 0.25) is 0 Å². The summed E-state index contributed by atoms with van der Waals surface area (Å²) in [7, 11) is 0. The minimum atomic E-state index is -0.619. The van der Waals surface area contributed by atoms with E-state index in [1.807, 2.05) is 13.8 Å². The van der Waals surface area contributed by atoms with Crippen LogP contribution in [-0.2, 0) is 0 Å². The van der Waals surface area contributed by atoms with Crippen molar-refractivity contribution in [3.63, 3.8) is 0 Å². The zero-order chi connectivity index (χ0) is 10.7. The molecule has 5 heteroatoms. The van der Waals surface area contributed by atoms with E-state index in [1.54, 1.807) is 0 Å². The van der Waals surface area contributed by atoms with Crippen molar-refractivity contribution in [2.75, 3.05) is 0 Å². The SMILES string of the molecule is CCC(C)C(=N)c1[nH]c(=O)oc1C=N.[HH]. The molecule has 0 amide bonds. The van der Waals surface area contributed by atoms with Crippen LogP contribution >= 0.6 is 0 Å². The quantitative estimate of drug-likeness (QED) is 0.640. The maximum absolute atomic E-state index is 10.9. The van der Waals surface area contributed by atoms with E-state index in [0.717, 1.165) is 12.6 Å². The standard InChI is InChI=1S/C9H13N3O2.H2/c1-3-5(2)7(11)8-6(4-10)14-9(13)12-8;/h4-5,10-11H,3H2,1-2H3,(H,12,13);1H. The molecule has 0 radical (unpaired) electrons.